The lowest BCUT2D eigenvalue weighted by Gasteiger charge is -2.31. The maximum absolute atomic E-state index is 3.49. The fraction of sp³-hybridized carbons (Fsp3) is 1.00. The topological polar surface area (TPSA) is 12.0 Å². The highest BCUT2D eigenvalue weighted by molar-refractivity contribution is 4.79. The summed E-state index contributed by atoms with van der Waals surface area (Å²) >= 11 is 0. The minimum absolute atomic E-state index is 0.925. The van der Waals surface area contributed by atoms with Gasteiger partial charge in [0.05, 0.1) is 0 Å². The van der Waals surface area contributed by atoms with Crippen molar-refractivity contribution in [3.63, 3.8) is 0 Å². The summed E-state index contributed by atoms with van der Waals surface area (Å²) in [4.78, 5) is 0. The van der Waals surface area contributed by atoms with Crippen LogP contribution in [0.15, 0.2) is 0 Å². The number of hydrogen-bond acceptors (Lipinski definition) is 1. The molecular formula is C12H23N. The SMILES string of the molecule is CC1CNCCC1CC1CCCC1. The van der Waals surface area contributed by atoms with E-state index in [0.29, 0.717) is 0 Å². The van der Waals surface area contributed by atoms with E-state index >= 15 is 0 Å². The molecule has 1 aliphatic heterocycles. The molecule has 1 aliphatic carbocycles. The van der Waals surface area contributed by atoms with E-state index in [1.165, 1.54) is 51.6 Å². The molecule has 2 atom stereocenters. The van der Waals surface area contributed by atoms with Gasteiger partial charge in [0.2, 0.25) is 0 Å². The summed E-state index contributed by atoms with van der Waals surface area (Å²) < 4.78 is 0. The highest BCUT2D eigenvalue weighted by Gasteiger charge is 2.25. The van der Waals surface area contributed by atoms with Crippen LogP contribution < -0.4 is 5.32 Å². The molecule has 0 bridgehead atoms. The Kier molecular flexibility index (Phi) is 3.26. The molecule has 2 unspecified atom stereocenters. The first kappa shape index (κ1) is 9.51. The van der Waals surface area contributed by atoms with E-state index in [9.17, 15) is 0 Å². The van der Waals surface area contributed by atoms with E-state index in [1.807, 2.05) is 0 Å². The van der Waals surface area contributed by atoms with Crippen molar-refractivity contribution in [2.75, 3.05) is 13.1 Å². The smallest absolute Gasteiger partial charge is 0.00205 e. The predicted octanol–water partition coefficient (Wildman–Crippen LogP) is 2.81. The van der Waals surface area contributed by atoms with Crippen molar-refractivity contribution in [1.82, 2.24) is 5.32 Å². The molecule has 0 aromatic rings. The highest BCUT2D eigenvalue weighted by atomic mass is 14.9. The fourth-order valence-corrected chi connectivity index (χ4v) is 3.09. The third kappa shape index (κ3) is 2.46. The first-order valence-electron chi connectivity index (χ1n) is 6.07. The van der Waals surface area contributed by atoms with Crippen LogP contribution in [-0.4, -0.2) is 13.1 Å². The summed E-state index contributed by atoms with van der Waals surface area (Å²) in [6.45, 7) is 4.95. The molecule has 1 heteroatoms. The predicted molar refractivity (Wildman–Crippen MR) is 56.7 cm³/mol. The van der Waals surface area contributed by atoms with E-state index < -0.39 is 0 Å². The van der Waals surface area contributed by atoms with Crippen LogP contribution in [0.1, 0.15) is 45.4 Å². The van der Waals surface area contributed by atoms with Gasteiger partial charge in [-0.1, -0.05) is 32.6 Å². The van der Waals surface area contributed by atoms with Crippen LogP contribution in [0, 0.1) is 17.8 Å². The molecule has 1 saturated heterocycles. The molecule has 1 heterocycles. The summed E-state index contributed by atoms with van der Waals surface area (Å²) in [6.07, 6.45) is 9.02. The molecule has 76 valence electrons. The molecule has 13 heavy (non-hydrogen) atoms. The number of nitrogens with one attached hydrogen (secondary N) is 1. The summed E-state index contributed by atoms with van der Waals surface area (Å²) in [5.74, 6) is 3.05. The average molecular weight is 181 g/mol. The average Bonchev–Trinajstić information content (AvgIpc) is 2.61. The van der Waals surface area contributed by atoms with Crippen molar-refractivity contribution < 1.29 is 0 Å². The third-order valence-electron chi connectivity index (χ3n) is 4.07. The van der Waals surface area contributed by atoms with E-state index in [-0.39, 0.29) is 0 Å². The number of rotatable bonds is 2. The van der Waals surface area contributed by atoms with Gasteiger partial charge in [0.15, 0.2) is 0 Å². The molecule has 0 amide bonds. The van der Waals surface area contributed by atoms with Crippen molar-refractivity contribution in [2.24, 2.45) is 17.8 Å². The lowest BCUT2D eigenvalue weighted by atomic mass is 9.81. The third-order valence-corrected chi connectivity index (χ3v) is 4.07. The Morgan fingerprint density at radius 1 is 1.15 bits per heavy atom. The van der Waals surface area contributed by atoms with Crippen LogP contribution in [-0.2, 0) is 0 Å². The van der Waals surface area contributed by atoms with Crippen molar-refractivity contribution >= 4 is 0 Å². The molecule has 0 aromatic heterocycles. The van der Waals surface area contributed by atoms with Gasteiger partial charge in [-0.3, -0.25) is 0 Å². The van der Waals surface area contributed by atoms with Crippen molar-refractivity contribution in [1.29, 1.82) is 0 Å². The summed E-state index contributed by atoms with van der Waals surface area (Å²) in [6, 6.07) is 0. The lowest BCUT2D eigenvalue weighted by molar-refractivity contribution is 0.225. The fourth-order valence-electron chi connectivity index (χ4n) is 3.09. The molecule has 1 N–H and O–H groups in total. The molecule has 2 rings (SSSR count). The second-order valence-electron chi connectivity index (χ2n) is 5.12. The van der Waals surface area contributed by atoms with Gasteiger partial charge in [-0.25, -0.2) is 0 Å². The second-order valence-corrected chi connectivity index (χ2v) is 5.12. The van der Waals surface area contributed by atoms with E-state index in [0.717, 1.165) is 17.8 Å². The normalized spacial score (nSPS) is 36.7. The second kappa shape index (κ2) is 4.45. The Bertz CT molecular complexity index is 149. The molecule has 0 radical (unpaired) electrons. The van der Waals surface area contributed by atoms with E-state index in [2.05, 4.69) is 12.2 Å². The van der Waals surface area contributed by atoms with Crippen molar-refractivity contribution in [3.8, 4) is 0 Å². The highest BCUT2D eigenvalue weighted by Crippen LogP contribution is 2.34. The number of hydrogen-bond donors (Lipinski definition) is 1. The Morgan fingerprint density at radius 2 is 1.92 bits per heavy atom. The molecule has 1 nitrogen and oxygen atoms in total. The molecule has 2 fully saturated rings. The zero-order valence-corrected chi connectivity index (χ0v) is 8.89. The molecular weight excluding hydrogens is 158 g/mol. The molecule has 0 spiro atoms. The van der Waals surface area contributed by atoms with Gasteiger partial charge in [0.1, 0.15) is 0 Å². The molecule has 2 aliphatic rings. The van der Waals surface area contributed by atoms with Crippen LogP contribution in [0.3, 0.4) is 0 Å². The monoisotopic (exact) mass is 181 g/mol. The Labute approximate surface area is 82.3 Å². The van der Waals surface area contributed by atoms with Crippen molar-refractivity contribution in [3.05, 3.63) is 0 Å². The lowest BCUT2D eigenvalue weighted by Crippen LogP contribution is -2.35. The minimum atomic E-state index is 0.925. The van der Waals surface area contributed by atoms with Crippen molar-refractivity contribution in [2.45, 2.75) is 45.4 Å². The van der Waals surface area contributed by atoms with Gasteiger partial charge in [0.25, 0.3) is 0 Å². The van der Waals surface area contributed by atoms with Gasteiger partial charge in [-0.05, 0) is 43.7 Å². The standard InChI is InChI=1S/C12H23N/c1-10-9-13-7-6-12(10)8-11-4-2-3-5-11/h10-13H,2-9H2,1H3. The van der Waals surface area contributed by atoms with Gasteiger partial charge < -0.3 is 5.32 Å². The van der Waals surface area contributed by atoms with Crippen LogP contribution in [0.5, 0.6) is 0 Å². The van der Waals surface area contributed by atoms with Crippen LogP contribution in [0.25, 0.3) is 0 Å². The van der Waals surface area contributed by atoms with Crippen LogP contribution >= 0.6 is 0 Å². The van der Waals surface area contributed by atoms with Gasteiger partial charge in [-0.2, -0.15) is 0 Å². The van der Waals surface area contributed by atoms with E-state index in [1.54, 1.807) is 0 Å². The maximum atomic E-state index is 3.49. The zero-order valence-electron chi connectivity index (χ0n) is 8.89. The molecule has 1 saturated carbocycles. The first-order valence-corrected chi connectivity index (χ1v) is 6.07. The summed E-state index contributed by atoms with van der Waals surface area (Å²) in [5, 5.41) is 3.49. The zero-order chi connectivity index (χ0) is 9.10. The Balaban J connectivity index is 1.78. The van der Waals surface area contributed by atoms with Crippen LogP contribution in [0.2, 0.25) is 0 Å². The summed E-state index contributed by atoms with van der Waals surface area (Å²) in [5.41, 5.74) is 0. The first-order chi connectivity index (χ1) is 6.36. The van der Waals surface area contributed by atoms with Gasteiger partial charge in [0, 0.05) is 0 Å². The maximum Gasteiger partial charge on any atom is -0.00205 e. The Hall–Kier alpha value is -0.0400. The van der Waals surface area contributed by atoms with E-state index in [4.69, 9.17) is 0 Å². The van der Waals surface area contributed by atoms with Gasteiger partial charge in [-0.15, -0.1) is 0 Å². The number of piperidine rings is 1. The molecule has 0 aromatic carbocycles. The quantitative estimate of drug-likeness (QED) is 0.690. The Morgan fingerprint density at radius 3 is 2.62 bits per heavy atom. The van der Waals surface area contributed by atoms with Gasteiger partial charge >= 0.3 is 0 Å². The minimum Gasteiger partial charge on any atom is -0.316 e. The van der Waals surface area contributed by atoms with Crippen LogP contribution in [0.4, 0.5) is 0 Å². The largest absolute Gasteiger partial charge is 0.316 e. The summed E-state index contributed by atoms with van der Waals surface area (Å²) in [7, 11) is 0.